The van der Waals surface area contributed by atoms with Gasteiger partial charge in [-0.1, -0.05) is 31.5 Å². The van der Waals surface area contributed by atoms with Crippen LogP contribution in [0.5, 0.6) is 5.75 Å². The van der Waals surface area contributed by atoms with Crippen molar-refractivity contribution in [3.05, 3.63) is 28.8 Å². The molecule has 2 atom stereocenters. The first-order valence-electron chi connectivity index (χ1n) is 5.17. The van der Waals surface area contributed by atoms with E-state index in [0.717, 1.165) is 5.56 Å². The third-order valence-corrected chi connectivity index (χ3v) is 3.95. The smallest absolute Gasteiger partial charge is 0.117 e. The van der Waals surface area contributed by atoms with Gasteiger partial charge in [-0.05, 0) is 41.5 Å². The fourth-order valence-electron chi connectivity index (χ4n) is 2.57. The van der Waals surface area contributed by atoms with Crippen molar-refractivity contribution in [2.24, 2.45) is 17.1 Å². The topological polar surface area (TPSA) is 46.2 Å². The second kappa shape index (κ2) is 3.39. The number of hydrogen-bond donors (Lipinski definition) is 2. The highest BCUT2D eigenvalue weighted by molar-refractivity contribution is 6.31. The van der Waals surface area contributed by atoms with Gasteiger partial charge >= 0.3 is 0 Å². The van der Waals surface area contributed by atoms with Gasteiger partial charge in [-0.15, -0.1) is 0 Å². The maximum Gasteiger partial charge on any atom is 0.117 e. The van der Waals surface area contributed by atoms with Crippen LogP contribution in [0.25, 0.3) is 0 Å². The lowest BCUT2D eigenvalue weighted by Gasteiger charge is -2.06. The molecule has 1 aliphatic rings. The summed E-state index contributed by atoms with van der Waals surface area (Å²) in [6, 6.07) is 5.18. The maximum atomic E-state index is 9.28. The van der Waals surface area contributed by atoms with Gasteiger partial charge in [0, 0.05) is 5.02 Å². The van der Waals surface area contributed by atoms with Crippen LogP contribution < -0.4 is 5.73 Å². The van der Waals surface area contributed by atoms with Gasteiger partial charge in [0.05, 0.1) is 0 Å². The van der Waals surface area contributed by atoms with E-state index in [-0.39, 0.29) is 11.2 Å². The van der Waals surface area contributed by atoms with Gasteiger partial charge < -0.3 is 10.8 Å². The van der Waals surface area contributed by atoms with Crippen molar-refractivity contribution >= 4 is 11.6 Å². The van der Waals surface area contributed by atoms with Crippen LogP contribution >= 0.6 is 11.6 Å². The van der Waals surface area contributed by atoms with Crippen molar-refractivity contribution in [3.8, 4) is 5.75 Å². The molecule has 1 saturated carbocycles. The van der Waals surface area contributed by atoms with Gasteiger partial charge in [-0.3, -0.25) is 0 Å². The number of aromatic hydroxyl groups is 1. The molecule has 15 heavy (non-hydrogen) atoms. The Kier molecular flexibility index (Phi) is 2.44. The Hall–Kier alpha value is -0.730. The number of phenolic OH excluding ortho intramolecular Hbond substituents is 1. The zero-order valence-electron chi connectivity index (χ0n) is 9.00. The standard InChI is InChI=1S/C12H16ClNO/c1-12(2)9(6-14)11(12)8-4-3-7(15)5-10(8)13/h3-5,9,11,15H,6,14H2,1-2H3/t9-,11-/m1/s1. The molecule has 0 heterocycles. The normalized spacial score (nSPS) is 27.7. The molecule has 2 nitrogen and oxygen atoms in total. The van der Waals surface area contributed by atoms with Crippen molar-refractivity contribution in [1.29, 1.82) is 0 Å². The minimum Gasteiger partial charge on any atom is -0.508 e. The quantitative estimate of drug-likeness (QED) is 0.813. The Morgan fingerprint density at radius 1 is 1.47 bits per heavy atom. The zero-order valence-corrected chi connectivity index (χ0v) is 9.75. The number of benzene rings is 1. The molecule has 1 fully saturated rings. The molecule has 2 rings (SSSR count). The van der Waals surface area contributed by atoms with Crippen LogP contribution in [0, 0.1) is 11.3 Å². The first-order valence-corrected chi connectivity index (χ1v) is 5.54. The largest absolute Gasteiger partial charge is 0.508 e. The molecule has 0 spiro atoms. The molecule has 0 unspecified atom stereocenters. The third kappa shape index (κ3) is 1.62. The molecule has 0 aliphatic heterocycles. The van der Waals surface area contributed by atoms with Crippen molar-refractivity contribution < 1.29 is 5.11 Å². The predicted molar refractivity (Wildman–Crippen MR) is 62.2 cm³/mol. The molecule has 3 heteroatoms. The van der Waals surface area contributed by atoms with Crippen LogP contribution in [-0.4, -0.2) is 11.7 Å². The lowest BCUT2D eigenvalue weighted by Crippen LogP contribution is -2.05. The van der Waals surface area contributed by atoms with Crippen LogP contribution in [0.15, 0.2) is 18.2 Å². The Morgan fingerprint density at radius 3 is 2.60 bits per heavy atom. The van der Waals surface area contributed by atoms with Gasteiger partial charge in [0.25, 0.3) is 0 Å². The first kappa shape index (κ1) is 10.8. The molecule has 82 valence electrons. The van der Waals surface area contributed by atoms with Crippen LogP contribution in [-0.2, 0) is 0 Å². The molecule has 1 aromatic rings. The Labute approximate surface area is 95.1 Å². The molecule has 0 radical (unpaired) electrons. The Morgan fingerprint density at radius 2 is 2.13 bits per heavy atom. The van der Waals surface area contributed by atoms with Crippen LogP contribution in [0.4, 0.5) is 0 Å². The molecule has 1 aromatic carbocycles. The first-order chi connectivity index (χ1) is 6.98. The van der Waals surface area contributed by atoms with E-state index in [9.17, 15) is 5.11 Å². The van der Waals surface area contributed by atoms with E-state index in [1.165, 1.54) is 0 Å². The second-order valence-electron chi connectivity index (χ2n) is 4.85. The third-order valence-electron chi connectivity index (χ3n) is 3.62. The number of halogens is 1. The van der Waals surface area contributed by atoms with Gasteiger partial charge in [0.2, 0.25) is 0 Å². The highest BCUT2D eigenvalue weighted by atomic mass is 35.5. The van der Waals surface area contributed by atoms with Crippen molar-refractivity contribution in [2.75, 3.05) is 6.54 Å². The van der Waals surface area contributed by atoms with Gasteiger partial charge in [0.15, 0.2) is 0 Å². The van der Waals surface area contributed by atoms with Gasteiger partial charge in [-0.2, -0.15) is 0 Å². The number of phenols is 1. The number of nitrogens with two attached hydrogens (primary N) is 1. The summed E-state index contributed by atoms with van der Waals surface area (Å²) in [7, 11) is 0. The van der Waals surface area contributed by atoms with Crippen molar-refractivity contribution in [3.63, 3.8) is 0 Å². The fourth-order valence-corrected chi connectivity index (χ4v) is 2.86. The Balaban J connectivity index is 2.33. The predicted octanol–water partition coefficient (Wildman–Crippen LogP) is 2.74. The van der Waals surface area contributed by atoms with E-state index in [4.69, 9.17) is 17.3 Å². The van der Waals surface area contributed by atoms with Gasteiger partial charge in [0.1, 0.15) is 5.75 Å². The Bertz CT molecular complexity index is 389. The molecule has 0 amide bonds. The fraction of sp³-hybridized carbons (Fsp3) is 0.500. The average molecular weight is 226 g/mol. The lowest BCUT2D eigenvalue weighted by atomic mass is 10.0. The molecule has 0 aromatic heterocycles. The highest BCUT2D eigenvalue weighted by Crippen LogP contribution is 2.64. The van der Waals surface area contributed by atoms with E-state index in [2.05, 4.69) is 13.8 Å². The van der Waals surface area contributed by atoms with Gasteiger partial charge in [-0.25, -0.2) is 0 Å². The summed E-state index contributed by atoms with van der Waals surface area (Å²) >= 11 is 6.11. The van der Waals surface area contributed by atoms with E-state index < -0.39 is 0 Å². The monoisotopic (exact) mass is 225 g/mol. The molecular formula is C12H16ClNO. The molecule has 0 saturated heterocycles. The zero-order chi connectivity index (χ0) is 11.2. The number of rotatable bonds is 2. The molecule has 1 aliphatic carbocycles. The molecule has 3 N–H and O–H groups in total. The van der Waals surface area contributed by atoms with Crippen molar-refractivity contribution in [2.45, 2.75) is 19.8 Å². The summed E-state index contributed by atoms with van der Waals surface area (Å²) < 4.78 is 0. The molecule has 0 bridgehead atoms. The summed E-state index contributed by atoms with van der Waals surface area (Å²) in [5, 5.41) is 9.93. The van der Waals surface area contributed by atoms with Crippen molar-refractivity contribution in [1.82, 2.24) is 0 Å². The maximum absolute atomic E-state index is 9.28. The minimum absolute atomic E-state index is 0.214. The number of hydrogen-bond acceptors (Lipinski definition) is 2. The van der Waals surface area contributed by atoms with E-state index in [1.807, 2.05) is 6.07 Å². The van der Waals surface area contributed by atoms with Crippen LogP contribution in [0.2, 0.25) is 5.02 Å². The molecular weight excluding hydrogens is 210 g/mol. The highest BCUT2D eigenvalue weighted by Gasteiger charge is 2.57. The summed E-state index contributed by atoms with van der Waals surface area (Å²) in [5.74, 6) is 1.14. The van der Waals surface area contributed by atoms with E-state index >= 15 is 0 Å². The van der Waals surface area contributed by atoms with Crippen LogP contribution in [0.1, 0.15) is 25.3 Å². The SMILES string of the molecule is CC1(C)[C@H](CN)[C@H]1c1ccc(O)cc1Cl. The summed E-state index contributed by atoms with van der Waals surface area (Å²) in [6.45, 7) is 5.10. The van der Waals surface area contributed by atoms with E-state index in [1.54, 1.807) is 12.1 Å². The lowest BCUT2D eigenvalue weighted by molar-refractivity contribution is 0.475. The summed E-state index contributed by atoms with van der Waals surface area (Å²) in [5.41, 5.74) is 7.06. The summed E-state index contributed by atoms with van der Waals surface area (Å²) in [4.78, 5) is 0. The second-order valence-corrected chi connectivity index (χ2v) is 5.25. The van der Waals surface area contributed by atoms with Crippen LogP contribution in [0.3, 0.4) is 0 Å². The van der Waals surface area contributed by atoms with E-state index in [0.29, 0.717) is 23.4 Å². The minimum atomic E-state index is 0.214. The summed E-state index contributed by atoms with van der Waals surface area (Å²) in [6.07, 6.45) is 0. The average Bonchev–Trinajstić information content (AvgIpc) is 2.68.